The summed E-state index contributed by atoms with van der Waals surface area (Å²) < 4.78 is 23.5. The van der Waals surface area contributed by atoms with Crippen molar-refractivity contribution in [2.45, 2.75) is 58.0 Å². The molecule has 2 heterocycles. The van der Waals surface area contributed by atoms with Gasteiger partial charge >= 0.3 is 0 Å². The zero-order valence-corrected chi connectivity index (χ0v) is 30.1. The van der Waals surface area contributed by atoms with Gasteiger partial charge in [0.15, 0.2) is 17.6 Å². The molecule has 2 aliphatic rings. The monoisotopic (exact) mass is 747 g/mol. The minimum absolute atomic E-state index is 0.235. The number of unbranched alkanes of at least 4 members (excludes halogenated alkanes) is 1. The van der Waals surface area contributed by atoms with Crippen LogP contribution in [0.5, 0.6) is 23.0 Å². The Balaban J connectivity index is 1.02. The maximum absolute atomic E-state index is 12.7. The minimum Gasteiger partial charge on any atom is -0.493 e. The lowest BCUT2D eigenvalue weighted by Gasteiger charge is -2.28. The van der Waals surface area contributed by atoms with Crippen molar-refractivity contribution in [2.75, 3.05) is 32.8 Å². The number of halogens is 1. The summed E-state index contributed by atoms with van der Waals surface area (Å²) in [5.74, 6) is 1.70. The van der Waals surface area contributed by atoms with Gasteiger partial charge in [0.25, 0.3) is 5.91 Å². The Labute approximate surface area is 311 Å². The summed E-state index contributed by atoms with van der Waals surface area (Å²) in [6.07, 6.45) is 0.814. The van der Waals surface area contributed by atoms with Crippen LogP contribution in [0.3, 0.4) is 0 Å². The van der Waals surface area contributed by atoms with E-state index in [4.69, 9.17) is 35.4 Å². The largest absolute Gasteiger partial charge is 0.493 e. The lowest BCUT2D eigenvalue weighted by Crippen LogP contribution is -2.38. The van der Waals surface area contributed by atoms with Crippen molar-refractivity contribution in [1.82, 2.24) is 5.32 Å². The summed E-state index contributed by atoms with van der Waals surface area (Å²) >= 11 is 6.05. The summed E-state index contributed by atoms with van der Waals surface area (Å²) in [6.45, 7) is -0.358. The Bertz CT molecular complexity index is 1940. The molecular weight excluding hydrogens is 706 g/mol. The number of amides is 1. The van der Waals surface area contributed by atoms with Crippen molar-refractivity contribution in [3.05, 3.63) is 110 Å². The predicted molar refractivity (Wildman–Crippen MR) is 197 cm³/mol. The molecule has 6 rings (SSSR count). The number of carbonyl (C=O) groups is 1. The second-order valence-corrected chi connectivity index (χ2v) is 12.9. The van der Waals surface area contributed by atoms with Crippen LogP contribution in [0.2, 0.25) is 5.02 Å². The van der Waals surface area contributed by atoms with E-state index in [0.29, 0.717) is 105 Å². The van der Waals surface area contributed by atoms with Gasteiger partial charge in [0.2, 0.25) is 5.75 Å². The third-order valence-electron chi connectivity index (χ3n) is 9.22. The molecule has 4 aromatic carbocycles. The topological polar surface area (TPSA) is 181 Å². The highest BCUT2D eigenvalue weighted by molar-refractivity contribution is 6.31. The molecule has 13 nitrogen and oxygen atoms in total. The Hall–Kier alpha value is -5.05. The van der Waals surface area contributed by atoms with E-state index in [1.807, 2.05) is 18.2 Å². The molecule has 0 aromatic heterocycles. The van der Waals surface area contributed by atoms with Crippen LogP contribution in [-0.2, 0) is 31.3 Å². The summed E-state index contributed by atoms with van der Waals surface area (Å²) in [7, 11) is 3.09. The molecule has 2 aliphatic heterocycles. The van der Waals surface area contributed by atoms with Crippen LogP contribution >= 0.6 is 11.6 Å². The van der Waals surface area contributed by atoms with E-state index < -0.39 is 12.3 Å². The summed E-state index contributed by atoms with van der Waals surface area (Å²) in [4.78, 5) is 18.5. The first-order chi connectivity index (χ1) is 25.8. The third kappa shape index (κ3) is 8.29. The SMILES string of the molecule is COc1cc(C2CC(c3cc(CO)c(CO)c(CO)c3)=NO2)cc(OC)c1OCCCCOc1ccc(C2NC(=O)c3cc(Cl)ccc3N2)cc1CO. The summed E-state index contributed by atoms with van der Waals surface area (Å²) in [6, 6.07) is 17.7. The second kappa shape index (κ2) is 17.2. The smallest absolute Gasteiger partial charge is 0.255 e. The zero-order valence-electron chi connectivity index (χ0n) is 29.4. The quantitative estimate of drug-likeness (QED) is 0.0821. The molecule has 2 atom stereocenters. The highest BCUT2D eigenvalue weighted by Gasteiger charge is 2.28. The molecule has 2 unspecified atom stereocenters. The fraction of sp³-hybridized carbons (Fsp3) is 0.333. The van der Waals surface area contributed by atoms with Crippen LogP contribution in [0.15, 0.2) is 65.8 Å². The predicted octanol–water partition coefficient (Wildman–Crippen LogP) is 5.28. The number of hydrogen-bond acceptors (Lipinski definition) is 12. The fourth-order valence-electron chi connectivity index (χ4n) is 6.41. The number of methoxy groups -OCH3 is 2. The van der Waals surface area contributed by atoms with Crippen LogP contribution in [0.1, 0.15) is 80.8 Å². The van der Waals surface area contributed by atoms with Gasteiger partial charge in [0.1, 0.15) is 11.9 Å². The molecule has 1 amide bonds. The van der Waals surface area contributed by atoms with Gasteiger partial charge in [-0.05, 0) is 89.7 Å². The van der Waals surface area contributed by atoms with E-state index in [1.54, 1.807) is 56.7 Å². The maximum Gasteiger partial charge on any atom is 0.255 e. The Kier molecular flexibility index (Phi) is 12.2. The van der Waals surface area contributed by atoms with Crippen LogP contribution in [0, 0.1) is 0 Å². The Morgan fingerprint density at radius 2 is 1.45 bits per heavy atom. The number of aliphatic hydroxyl groups is 4. The number of rotatable bonds is 16. The number of anilines is 1. The van der Waals surface area contributed by atoms with Gasteiger partial charge in [-0.15, -0.1) is 0 Å². The van der Waals surface area contributed by atoms with Crippen molar-refractivity contribution < 1.29 is 49.0 Å². The van der Waals surface area contributed by atoms with Crippen molar-refractivity contribution in [3.63, 3.8) is 0 Å². The van der Waals surface area contributed by atoms with Gasteiger partial charge in [0, 0.05) is 33.8 Å². The standard InChI is InChI=1S/C39H42ClN3O10/c1-49-35-14-24(34-17-32(43-53-34)23-12-25(18-44)30(21-47)26(13-23)19-45)15-36(50-2)37(35)52-10-4-3-9-51-33-8-5-22(11-27(33)20-46)38-41-31-7-6-28(40)16-29(31)39(48)42-38/h5-8,11-16,34,38,41,44-47H,3-4,9-10,17-21H2,1-2H3,(H,42,48). The molecule has 0 saturated carbocycles. The van der Waals surface area contributed by atoms with E-state index in [2.05, 4.69) is 15.8 Å². The molecule has 0 saturated heterocycles. The van der Waals surface area contributed by atoms with Crippen molar-refractivity contribution in [3.8, 4) is 23.0 Å². The van der Waals surface area contributed by atoms with E-state index in [1.165, 1.54) is 0 Å². The van der Waals surface area contributed by atoms with E-state index in [-0.39, 0.29) is 32.3 Å². The lowest BCUT2D eigenvalue weighted by atomic mass is 9.93. The van der Waals surface area contributed by atoms with Gasteiger partial charge < -0.3 is 54.8 Å². The number of benzene rings is 4. The van der Waals surface area contributed by atoms with Crippen LogP contribution in [0.4, 0.5) is 5.69 Å². The summed E-state index contributed by atoms with van der Waals surface area (Å²) in [5.41, 5.74) is 6.13. The average molecular weight is 748 g/mol. The van der Waals surface area contributed by atoms with Gasteiger partial charge in [-0.25, -0.2) is 0 Å². The first kappa shape index (κ1) is 37.7. The second-order valence-electron chi connectivity index (χ2n) is 12.5. The molecule has 14 heteroatoms. The number of oxime groups is 1. The first-order valence-corrected chi connectivity index (χ1v) is 17.5. The maximum atomic E-state index is 12.7. The van der Waals surface area contributed by atoms with Crippen molar-refractivity contribution >= 4 is 28.9 Å². The van der Waals surface area contributed by atoms with Crippen molar-refractivity contribution in [1.29, 1.82) is 0 Å². The number of ether oxygens (including phenoxy) is 4. The van der Waals surface area contributed by atoms with E-state index in [0.717, 1.165) is 11.1 Å². The number of aliphatic hydroxyl groups excluding tert-OH is 4. The zero-order chi connectivity index (χ0) is 37.5. The van der Waals surface area contributed by atoms with E-state index in [9.17, 15) is 25.2 Å². The molecule has 280 valence electrons. The molecule has 0 bridgehead atoms. The molecule has 0 spiro atoms. The minimum atomic E-state index is -0.481. The Morgan fingerprint density at radius 3 is 2.09 bits per heavy atom. The number of carbonyl (C=O) groups excluding carboxylic acids is 1. The molecule has 0 fully saturated rings. The van der Waals surface area contributed by atoms with Crippen LogP contribution < -0.4 is 29.6 Å². The number of nitrogens with one attached hydrogen (secondary N) is 2. The van der Waals surface area contributed by atoms with Crippen LogP contribution in [0.25, 0.3) is 0 Å². The summed E-state index contributed by atoms with van der Waals surface area (Å²) in [5, 5.41) is 50.4. The van der Waals surface area contributed by atoms with Gasteiger partial charge in [-0.1, -0.05) is 22.8 Å². The van der Waals surface area contributed by atoms with Crippen LogP contribution in [-0.4, -0.2) is 59.5 Å². The fourth-order valence-corrected chi connectivity index (χ4v) is 6.58. The first-order valence-electron chi connectivity index (χ1n) is 17.1. The number of fused-ring (bicyclic) bond motifs is 1. The molecule has 0 radical (unpaired) electrons. The van der Waals surface area contributed by atoms with Crippen molar-refractivity contribution in [2.24, 2.45) is 5.16 Å². The van der Waals surface area contributed by atoms with Gasteiger partial charge in [-0.2, -0.15) is 0 Å². The average Bonchev–Trinajstić information content (AvgIpc) is 3.69. The Morgan fingerprint density at radius 1 is 0.774 bits per heavy atom. The molecule has 4 aromatic rings. The van der Waals surface area contributed by atoms with Gasteiger partial charge in [-0.3, -0.25) is 4.79 Å². The molecule has 53 heavy (non-hydrogen) atoms. The number of hydrogen-bond donors (Lipinski definition) is 6. The highest BCUT2D eigenvalue weighted by atomic mass is 35.5. The molecule has 6 N–H and O–H groups in total. The number of nitrogens with zero attached hydrogens (tertiary/aromatic N) is 1. The third-order valence-corrected chi connectivity index (χ3v) is 9.46. The molecular formula is C39H42ClN3O10. The van der Waals surface area contributed by atoms with E-state index >= 15 is 0 Å². The normalized spacial score (nSPS) is 16.2. The van der Waals surface area contributed by atoms with Gasteiger partial charge in [0.05, 0.1) is 65.1 Å². The highest BCUT2D eigenvalue weighted by Crippen LogP contribution is 2.43. The molecule has 0 aliphatic carbocycles. The lowest BCUT2D eigenvalue weighted by molar-refractivity contribution is 0.0852.